The summed E-state index contributed by atoms with van der Waals surface area (Å²) in [6, 6.07) is 2.48. The predicted molar refractivity (Wildman–Crippen MR) is 65.8 cm³/mol. The SMILES string of the molecule is CCOc1cncc(C(O)c2cc(F)c(F)cc2F)c1. The van der Waals surface area contributed by atoms with E-state index in [9.17, 15) is 18.3 Å². The number of nitrogens with zero attached hydrogens (tertiary/aromatic N) is 1. The first-order valence-corrected chi connectivity index (χ1v) is 5.93. The van der Waals surface area contributed by atoms with Crippen LogP contribution in [-0.4, -0.2) is 16.7 Å². The molecule has 2 aromatic rings. The van der Waals surface area contributed by atoms with E-state index >= 15 is 0 Å². The van der Waals surface area contributed by atoms with E-state index in [1.165, 1.54) is 18.5 Å². The van der Waals surface area contributed by atoms with Crippen LogP contribution in [0.25, 0.3) is 0 Å². The van der Waals surface area contributed by atoms with E-state index in [1.807, 2.05) is 0 Å². The molecule has 0 fully saturated rings. The summed E-state index contributed by atoms with van der Waals surface area (Å²) in [6.45, 7) is 2.18. The predicted octanol–water partition coefficient (Wildman–Crippen LogP) is 2.98. The molecule has 0 aliphatic heterocycles. The van der Waals surface area contributed by atoms with Crippen LogP contribution in [0.3, 0.4) is 0 Å². The van der Waals surface area contributed by atoms with Crippen LogP contribution in [0, 0.1) is 17.5 Å². The van der Waals surface area contributed by atoms with Crippen molar-refractivity contribution in [2.75, 3.05) is 6.61 Å². The molecule has 2 rings (SSSR count). The zero-order chi connectivity index (χ0) is 14.7. The molecule has 0 spiro atoms. The fourth-order valence-electron chi connectivity index (χ4n) is 1.76. The van der Waals surface area contributed by atoms with Crippen molar-refractivity contribution in [2.45, 2.75) is 13.0 Å². The number of aliphatic hydroxyl groups is 1. The molecular formula is C14H12F3NO2. The van der Waals surface area contributed by atoms with E-state index in [-0.39, 0.29) is 11.1 Å². The molecule has 0 aliphatic carbocycles. The number of benzene rings is 1. The maximum absolute atomic E-state index is 13.6. The minimum absolute atomic E-state index is 0.223. The van der Waals surface area contributed by atoms with Gasteiger partial charge in [-0.25, -0.2) is 13.2 Å². The number of aromatic nitrogens is 1. The Morgan fingerprint density at radius 1 is 1.10 bits per heavy atom. The molecule has 1 unspecified atom stereocenters. The van der Waals surface area contributed by atoms with Gasteiger partial charge in [0.2, 0.25) is 0 Å². The van der Waals surface area contributed by atoms with Crippen molar-refractivity contribution < 1.29 is 23.0 Å². The van der Waals surface area contributed by atoms with Crippen LogP contribution in [-0.2, 0) is 0 Å². The highest BCUT2D eigenvalue weighted by atomic mass is 19.2. The average molecular weight is 283 g/mol. The van der Waals surface area contributed by atoms with Crippen LogP contribution in [0.5, 0.6) is 5.75 Å². The molecule has 106 valence electrons. The number of pyridine rings is 1. The van der Waals surface area contributed by atoms with E-state index in [2.05, 4.69) is 4.98 Å². The third kappa shape index (κ3) is 2.91. The molecule has 0 amide bonds. The zero-order valence-corrected chi connectivity index (χ0v) is 10.6. The second-order valence-corrected chi connectivity index (χ2v) is 4.08. The molecular weight excluding hydrogens is 271 g/mol. The molecule has 6 heteroatoms. The van der Waals surface area contributed by atoms with Gasteiger partial charge in [0, 0.05) is 23.4 Å². The van der Waals surface area contributed by atoms with Gasteiger partial charge in [-0.2, -0.15) is 0 Å². The van der Waals surface area contributed by atoms with Gasteiger partial charge in [0.15, 0.2) is 11.6 Å². The summed E-state index contributed by atoms with van der Waals surface area (Å²) in [5.74, 6) is -3.17. The van der Waals surface area contributed by atoms with E-state index < -0.39 is 23.6 Å². The van der Waals surface area contributed by atoms with E-state index in [0.29, 0.717) is 24.5 Å². The molecule has 0 radical (unpaired) electrons. The van der Waals surface area contributed by atoms with Crippen molar-refractivity contribution >= 4 is 0 Å². The quantitative estimate of drug-likeness (QED) is 0.877. The molecule has 0 aliphatic rings. The Hall–Kier alpha value is -2.08. The second kappa shape index (κ2) is 5.92. The van der Waals surface area contributed by atoms with Gasteiger partial charge in [-0.3, -0.25) is 4.98 Å². The highest BCUT2D eigenvalue weighted by Crippen LogP contribution is 2.27. The number of halogens is 3. The molecule has 1 atom stereocenters. The molecule has 3 nitrogen and oxygen atoms in total. The Labute approximate surface area is 113 Å². The van der Waals surface area contributed by atoms with Crippen LogP contribution in [0.1, 0.15) is 24.2 Å². The smallest absolute Gasteiger partial charge is 0.161 e. The van der Waals surface area contributed by atoms with Crippen LogP contribution < -0.4 is 4.74 Å². The lowest BCUT2D eigenvalue weighted by atomic mass is 10.0. The summed E-state index contributed by atoms with van der Waals surface area (Å²) in [5, 5.41) is 10.1. The number of ether oxygens (including phenoxy) is 1. The van der Waals surface area contributed by atoms with Gasteiger partial charge in [0.1, 0.15) is 17.7 Å². The molecule has 0 bridgehead atoms. The van der Waals surface area contributed by atoms with Crippen molar-refractivity contribution in [1.29, 1.82) is 0 Å². The summed E-state index contributed by atoms with van der Waals surface area (Å²) >= 11 is 0. The van der Waals surface area contributed by atoms with E-state index in [4.69, 9.17) is 4.74 Å². The maximum atomic E-state index is 13.6. The normalized spacial score (nSPS) is 12.2. The van der Waals surface area contributed by atoms with Crippen LogP contribution in [0.4, 0.5) is 13.2 Å². The Morgan fingerprint density at radius 3 is 2.50 bits per heavy atom. The van der Waals surface area contributed by atoms with Crippen molar-refractivity contribution in [3.05, 3.63) is 59.2 Å². The average Bonchev–Trinajstić information content (AvgIpc) is 2.43. The lowest BCUT2D eigenvalue weighted by Crippen LogP contribution is -2.05. The lowest BCUT2D eigenvalue weighted by Gasteiger charge is -2.13. The largest absolute Gasteiger partial charge is 0.492 e. The van der Waals surface area contributed by atoms with Crippen molar-refractivity contribution in [3.63, 3.8) is 0 Å². The first-order chi connectivity index (χ1) is 9.52. The Morgan fingerprint density at radius 2 is 1.80 bits per heavy atom. The van der Waals surface area contributed by atoms with Crippen molar-refractivity contribution in [3.8, 4) is 5.75 Å². The second-order valence-electron chi connectivity index (χ2n) is 4.08. The highest BCUT2D eigenvalue weighted by molar-refractivity contribution is 5.33. The highest BCUT2D eigenvalue weighted by Gasteiger charge is 2.19. The zero-order valence-electron chi connectivity index (χ0n) is 10.6. The summed E-state index contributed by atoms with van der Waals surface area (Å²) in [6.07, 6.45) is 1.27. The molecule has 1 heterocycles. The maximum Gasteiger partial charge on any atom is 0.161 e. The van der Waals surface area contributed by atoms with E-state index in [0.717, 1.165) is 0 Å². The molecule has 1 aromatic carbocycles. The Kier molecular flexibility index (Phi) is 4.24. The van der Waals surface area contributed by atoms with Gasteiger partial charge in [0.25, 0.3) is 0 Å². The Balaban J connectivity index is 2.38. The lowest BCUT2D eigenvalue weighted by molar-refractivity contribution is 0.212. The number of aliphatic hydroxyl groups excluding tert-OH is 1. The fraction of sp³-hybridized carbons (Fsp3) is 0.214. The van der Waals surface area contributed by atoms with E-state index in [1.54, 1.807) is 6.92 Å². The van der Waals surface area contributed by atoms with Crippen LogP contribution in [0.15, 0.2) is 30.6 Å². The first-order valence-electron chi connectivity index (χ1n) is 5.93. The van der Waals surface area contributed by atoms with Gasteiger partial charge >= 0.3 is 0 Å². The molecule has 0 saturated carbocycles. The monoisotopic (exact) mass is 283 g/mol. The van der Waals surface area contributed by atoms with Crippen LogP contribution >= 0.6 is 0 Å². The fourth-order valence-corrected chi connectivity index (χ4v) is 1.76. The molecule has 0 saturated heterocycles. The minimum Gasteiger partial charge on any atom is -0.492 e. The van der Waals surface area contributed by atoms with Gasteiger partial charge in [-0.05, 0) is 19.1 Å². The number of hydrogen-bond donors (Lipinski definition) is 1. The molecule has 1 aromatic heterocycles. The molecule has 1 N–H and O–H groups in total. The summed E-state index contributed by atoms with van der Waals surface area (Å²) in [5.41, 5.74) is -0.139. The summed E-state index contributed by atoms with van der Waals surface area (Å²) in [4.78, 5) is 3.84. The topological polar surface area (TPSA) is 42.4 Å². The third-order valence-electron chi connectivity index (χ3n) is 2.70. The van der Waals surface area contributed by atoms with Gasteiger partial charge in [0.05, 0.1) is 12.8 Å². The Bertz CT molecular complexity index is 619. The number of hydrogen-bond acceptors (Lipinski definition) is 3. The van der Waals surface area contributed by atoms with Gasteiger partial charge in [-0.1, -0.05) is 0 Å². The molecule has 20 heavy (non-hydrogen) atoms. The van der Waals surface area contributed by atoms with Gasteiger partial charge in [-0.15, -0.1) is 0 Å². The minimum atomic E-state index is -1.46. The summed E-state index contributed by atoms with van der Waals surface area (Å²) in [7, 11) is 0. The summed E-state index contributed by atoms with van der Waals surface area (Å²) < 4.78 is 44.8. The standard InChI is InChI=1S/C14H12F3NO2/c1-2-20-9-3-8(6-18-7-9)14(19)10-4-12(16)13(17)5-11(10)15/h3-7,14,19H,2H2,1H3. The van der Waals surface area contributed by atoms with Crippen LogP contribution in [0.2, 0.25) is 0 Å². The first kappa shape index (κ1) is 14.3. The van der Waals surface area contributed by atoms with Crippen molar-refractivity contribution in [1.82, 2.24) is 4.98 Å². The van der Waals surface area contributed by atoms with Crippen molar-refractivity contribution in [2.24, 2.45) is 0 Å². The third-order valence-corrected chi connectivity index (χ3v) is 2.70. The van der Waals surface area contributed by atoms with Gasteiger partial charge < -0.3 is 9.84 Å². The number of rotatable bonds is 4.